The molecule has 0 radical (unpaired) electrons. The van der Waals surface area contributed by atoms with Crippen molar-refractivity contribution < 1.29 is 9.15 Å². The van der Waals surface area contributed by atoms with Crippen LogP contribution in [0.2, 0.25) is 0 Å². The fourth-order valence-corrected chi connectivity index (χ4v) is 3.03. The molecule has 0 amide bonds. The van der Waals surface area contributed by atoms with Crippen molar-refractivity contribution in [2.45, 2.75) is 0 Å². The maximum atomic E-state index is 5.91. The second-order valence-electron chi connectivity index (χ2n) is 4.72. The SMILES string of the molecule is COc1c(Br)ccc2[nH]nc(-c3cc4ccccc4o3)c12. The normalized spacial score (nSPS) is 11.3. The molecule has 2 aromatic heterocycles. The maximum absolute atomic E-state index is 5.91. The van der Waals surface area contributed by atoms with Crippen molar-refractivity contribution in [2.24, 2.45) is 0 Å². The average Bonchev–Trinajstić information content (AvgIpc) is 3.10. The minimum absolute atomic E-state index is 0.721. The van der Waals surface area contributed by atoms with Gasteiger partial charge in [-0.1, -0.05) is 18.2 Å². The lowest BCUT2D eigenvalue weighted by Gasteiger charge is -2.05. The van der Waals surface area contributed by atoms with Crippen molar-refractivity contribution >= 4 is 37.8 Å². The van der Waals surface area contributed by atoms with E-state index in [-0.39, 0.29) is 0 Å². The molecule has 5 heteroatoms. The lowest BCUT2D eigenvalue weighted by atomic mass is 10.1. The summed E-state index contributed by atoms with van der Waals surface area (Å²) in [4.78, 5) is 0. The van der Waals surface area contributed by atoms with Gasteiger partial charge in [0.15, 0.2) is 5.76 Å². The Bertz CT molecular complexity index is 922. The summed E-state index contributed by atoms with van der Waals surface area (Å²) in [5.41, 5.74) is 2.50. The number of hydrogen-bond acceptors (Lipinski definition) is 3. The Labute approximate surface area is 128 Å². The summed E-state index contributed by atoms with van der Waals surface area (Å²) in [5.74, 6) is 1.47. The zero-order chi connectivity index (χ0) is 14.4. The first-order chi connectivity index (χ1) is 10.3. The molecule has 104 valence electrons. The number of aromatic nitrogens is 2. The molecule has 4 rings (SSSR count). The van der Waals surface area contributed by atoms with Gasteiger partial charge in [-0.2, -0.15) is 5.10 Å². The molecule has 2 aromatic carbocycles. The van der Waals surface area contributed by atoms with Crippen LogP contribution in [-0.4, -0.2) is 17.3 Å². The first-order valence-corrected chi connectivity index (χ1v) is 7.27. The summed E-state index contributed by atoms with van der Waals surface area (Å²) in [6.07, 6.45) is 0. The van der Waals surface area contributed by atoms with Crippen molar-refractivity contribution in [3.05, 3.63) is 46.9 Å². The Hall–Kier alpha value is -2.27. The van der Waals surface area contributed by atoms with Crippen LogP contribution in [0.4, 0.5) is 0 Å². The van der Waals surface area contributed by atoms with Gasteiger partial charge in [-0.3, -0.25) is 5.10 Å². The molecule has 0 bridgehead atoms. The summed E-state index contributed by atoms with van der Waals surface area (Å²) in [5, 5.41) is 9.37. The minimum Gasteiger partial charge on any atom is -0.495 e. The van der Waals surface area contributed by atoms with Gasteiger partial charge in [0, 0.05) is 5.39 Å². The molecular formula is C16H11BrN2O2. The van der Waals surface area contributed by atoms with Crippen LogP contribution in [0.3, 0.4) is 0 Å². The number of methoxy groups -OCH3 is 1. The third kappa shape index (κ3) is 1.85. The Morgan fingerprint density at radius 2 is 2.05 bits per heavy atom. The van der Waals surface area contributed by atoms with Gasteiger partial charge in [-0.15, -0.1) is 0 Å². The first-order valence-electron chi connectivity index (χ1n) is 6.47. The molecule has 0 saturated carbocycles. The van der Waals surface area contributed by atoms with Gasteiger partial charge in [0.05, 0.1) is 22.5 Å². The van der Waals surface area contributed by atoms with Gasteiger partial charge in [-0.25, -0.2) is 0 Å². The summed E-state index contributed by atoms with van der Waals surface area (Å²) in [7, 11) is 1.65. The van der Waals surface area contributed by atoms with Crippen LogP contribution >= 0.6 is 15.9 Å². The number of nitrogens with one attached hydrogen (secondary N) is 1. The smallest absolute Gasteiger partial charge is 0.156 e. The highest BCUT2D eigenvalue weighted by molar-refractivity contribution is 9.10. The van der Waals surface area contributed by atoms with Crippen LogP contribution in [0.5, 0.6) is 5.75 Å². The predicted molar refractivity (Wildman–Crippen MR) is 85.6 cm³/mol. The molecule has 0 atom stereocenters. The molecule has 0 aliphatic rings. The van der Waals surface area contributed by atoms with Crippen molar-refractivity contribution in [2.75, 3.05) is 7.11 Å². The maximum Gasteiger partial charge on any atom is 0.156 e. The topological polar surface area (TPSA) is 51.0 Å². The number of para-hydroxylation sites is 1. The van der Waals surface area contributed by atoms with Gasteiger partial charge >= 0.3 is 0 Å². The van der Waals surface area contributed by atoms with E-state index in [1.807, 2.05) is 42.5 Å². The van der Waals surface area contributed by atoms with E-state index in [0.717, 1.165) is 43.5 Å². The van der Waals surface area contributed by atoms with Crippen molar-refractivity contribution in [1.82, 2.24) is 10.2 Å². The molecular weight excluding hydrogens is 332 g/mol. The van der Waals surface area contributed by atoms with Crippen LogP contribution in [0.1, 0.15) is 0 Å². The molecule has 0 spiro atoms. The molecule has 1 N–H and O–H groups in total. The zero-order valence-electron chi connectivity index (χ0n) is 11.2. The Morgan fingerprint density at radius 3 is 2.86 bits per heavy atom. The van der Waals surface area contributed by atoms with Gasteiger partial charge in [0.2, 0.25) is 0 Å². The van der Waals surface area contributed by atoms with Crippen LogP contribution in [0, 0.1) is 0 Å². The molecule has 21 heavy (non-hydrogen) atoms. The lowest BCUT2D eigenvalue weighted by molar-refractivity contribution is 0.417. The number of H-pyrrole nitrogens is 1. The third-order valence-electron chi connectivity index (χ3n) is 3.50. The van der Waals surface area contributed by atoms with E-state index in [0.29, 0.717) is 0 Å². The fourth-order valence-electron chi connectivity index (χ4n) is 2.53. The number of furan rings is 1. The molecule has 0 aliphatic carbocycles. The van der Waals surface area contributed by atoms with Gasteiger partial charge in [0.1, 0.15) is 17.0 Å². The summed E-state index contributed by atoms with van der Waals surface area (Å²) >= 11 is 3.51. The Balaban J connectivity index is 2.03. The largest absolute Gasteiger partial charge is 0.495 e. The quantitative estimate of drug-likeness (QED) is 0.572. The minimum atomic E-state index is 0.721. The highest BCUT2D eigenvalue weighted by Gasteiger charge is 2.18. The molecule has 2 heterocycles. The number of rotatable bonds is 2. The van der Waals surface area contributed by atoms with Gasteiger partial charge < -0.3 is 9.15 Å². The number of hydrogen-bond donors (Lipinski definition) is 1. The predicted octanol–water partition coefficient (Wildman–Crippen LogP) is 4.75. The first kappa shape index (κ1) is 12.5. The molecule has 4 aromatic rings. The van der Waals surface area contributed by atoms with E-state index in [9.17, 15) is 0 Å². The highest BCUT2D eigenvalue weighted by atomic mass is 79.9. The summed E-state index contributed by atoms with van der Waals surface area (Å²) in [6.45, 7) is 0. The third-order valence-corrected chi connectivity index (χ3v) is 4.12. The van der Waals surface area contributed by atoms with Crippen molar-refractivity contribution in [3.63, 3.8) is 0 Å². The van der Waals surface area contributed by atoms with E-state index in [4.69, 9.17) is 9.15 Å². The fraction of sp³-hybridized carbons (Fsp3) is 0.0625. The zero-order valence-corrected chi connectivity index (χ0v) is 12.8. The summed E-state index contributed by atoms with van der Waals surface area (Å²) < 4.78 is 12.3. The second kappa shape index (κ2) is 4.63. The number of nitrogens with zero attached hydrogens (tertiary/aromatic N) is 1. The van der Waals surface area contributed by atoms with E-state index in [2.05, 4.69) is 26.1 Å². The van der Waals surface area contributed by atoms with E-state index >= 15 is 0 Å². The number of halogens is 1. The number of aromatic amines is 1. The molecule has 0 unspecified atom stereocenters. The Morgan fingerprint density at radius 1 is 1.19 bits per heavy atom. The van der Waals surface area contributed by atoms with E-state index in [1.54, 1.807) is 7.11 Å². The van der Waals surface area contributed by atoms with Crippen LogP contribution in [-0.2, 0) is 0 Å². The molecule has 0 fully saturated rings. The van der Waals surface area contributed by atoms with E-state index in [1.165, 1.54) is 0 Å². The van der Waals surface area contributed by atoms with E-state index < -0.39 is 0 Å². The number of fused-ring (bicyclic) bond motifs is 2. The van der Waals surface area contributed by atoms with Crippen molar-refractivity contribution in [1.29, 1.82) is 0 Å². The van der Waals surface area contributed by atoms with Crippen molar-refractivity contribution in [3.8, 4) is 17.2 Å². The van der Waals surface area contributed by atoms with Crippen LogP contribution in [0.15, 0.2) is 51.4 Å². The Kier molecular flexibility index (Phi) is 2.75. The number of benzene rings is 2. The highest BCUT2D eigenvalue weighted by Crippen LogP contribution is 2.39. The molecule has 0 aliphatic heterocycles. The standard InChI is InChI=1S/C16H11BrN2O2/c1-20-16-10(17)6-7-11-14(16)15(19-18-11)13-8-9-4-2-3-5-12(9)21-13/h2-8H,1H3,(H,18,19). The lowest BCUT2D eigenvalue weighted by Crippen LogP contribution is -1.86. The number of ether oxygens (including phenoxy) is 1. The second-order valence-corrected chi connectivity index (χ2v) is 5.58. The average molecular weight is 343 g/mol. The van der Waals surface area contributed by atoms with Gasteiger partial charge in [0.25, 0.3) is 0 Å². The molecule has 0 saturated heterocycles. The monoisotopic (exact) mass is 342 g/mol. The summed E-state index contributed by atoms with van der Waals surface area (Å²) in [6, 6.07) is 13.8. The molecule has 4 nitrogen and oxygen atoms in total. The van der Waals surface area contributed by atoms with Crippen LogP contribution in [0.25, 0.3) is 33.3 Å². The van der Waals surface area contributed by atoms with Crippen LogP contribution < -0.4 is 4.74 Å². The van der Waals surface area contributed by atoms with Gasteiger partial charge in [-0.05, 0) is 40.2 Å².